The highest BCUT2D eigenvalue weighted by Gasteiger charge is 2.20. The number of likely N-dealkylation sites (tertiary alicyclic amines) is 1. The third kappa shape index (κ3) is 4.11. The Kier molecular flexibility index (Phi) is 5.26. The van der Waals surface area contributed by atoms with E-state index in [4.69, 9.17) is 4.74 Å². The Morgan fingerprint density at radius 2 is 1.62 bits per heavy atom. The molecule has 0 bridgehead atoms. The van der Waals surface area contributed by atoms with Gasteiger partial charge in [-0.2, -0.15) is 0 Å². The number of para-hydroxylation sites is 1. The molecule has 0 unspecified atom stereocenters. The van der Waals surface area contributed by atoms with Gasteiger partial charge in [0.25, 0.3) is 0 Å². The van der Waals surface area contributed by atoms with Gasteiger partial charge in [-0.05, 0) is 49.5 Å². The van der Waals surface area contributed by atoms with Gasteiger partial charge in [0.05, 0.1) is 12.3 Å². The van der Waals surface area contributed by atoms with Crippen LogP contribution in [0.2, 0.25) is 0 Å². The molecule has 1 aliphatic rings. The number of benzene rings is 2. The van der Waals surface area contributed by atoms with Gasteiger partial charge in [-0.15, -0.1) is 5.10 Å². The number of piperidine rings is 1. The molecule has 5 nitrogen and oxygen atoms in total. The van der Waals surface area contributed by atoms with Crippen molar-refractivity contribution in [2.75, 3.05) is 19.7 Å². The third-order valence-corrected chi connectivity index (χ3v) is 4.96. The molecule has 3 aromatic rings. The number of hydrogen-bond acceptors (Lipinski definition) is 4. The molecule has 1 aromatic heterocycles. The molecule has 2 aromatic carbocycles. The van der Waals surface area contributed by atoms with Crippen molar-refractivity contribution in [2.24, 2.45) is 5.92 Å². The summed E-state index contributed by atoms with van der Waals surface area (Å²) < 4.78 is 7.89. The normalized spacial score (nSPS) is 15.8. The van der Waals surface area contributed by atoms with E-state index in [0.29, 0.717) is 18.5 Å². The Labute approximate surface area is 154 Å². The molecular formula is C21H24N4O. The lowest BCUT2D eigenvalue weighted by Crippen LogP contribution is -2.35. The fourth-order valence-electron chi connectivity index (χ4n) is 3.43. The summed E-state index contributed by atoms with van der Waals surface area (Å²) in [5, 5.41) is 8.13. The van der Waals surface area contributed by atoms with Gasteiger partial charge in [-0.25, -0.2) is 0 Å². The van der Waals surface area contributed by atoms with Gasteiger partial charge in [0.15, 0.2) is 0 Å². The van der Waals surface area contributed by atoms with Crippen LogP contribution in [0.4, 0.5) is 0 Å². The topological polar surface area (TPSA) is 43.2 Å². The Balaban J connectivity index is 1.28. The summed E-state index contributed by atoms with van der Waals surface area (Å²) in [6.07, 6.45) is 4.02. The Morgan fingerprint density at radius 1 is 0.923 bits per heavy atom. The van der Waals surface area contributed by atoms with Crippen LogP contribution in [0.3, 0.4) is 0 Å². The van der Waals surface area contributed by atoms with Crippen LogP contribution < -0.4 is 4.74 Å². The van der Waals surface area contributed by atoms with Crippen LogP contribution in [0.15, 0.2) is 67.0 Å². The first-order valence-corrected chi connectivity index (χ1v) is 9.23. The highest BCUT2D eigenvalue weighted by molar-refractivity contribution is 5.33. The first-order chi connectivity index (χ1) is 12.9. The van der Waals surface area contributed by atoms with Crippen molar-refractivity contribution in [3.05, 3.63) is 72.6 Å². The molecule has 0 amide bonds. The molecule has 4 rings (SSSR count). The Hall–Kier alpha value is -2.66. The maximum Gasteiger partial charge on any atom is 0.321 e. The molecule has 134 valence electrons. The number of aromatic nitrogens is 3. The van der Waals surface area contributed by atoms with Crippen LogP contribution in [0.1, 0.15) is 18.4 Å². The van der Waals surface area contributed by atoms with Crippen LogP contribution in [-0.2, 0) is 6.54 Å². The Morgan fingerprint density at radius 3 is 2.35 bits per heavy atom. The van der Waals surface area contributed by atoms with Crippen LogP contribution in [0, 0.1) is 5.92 Å². The van der Waals surface area contributed by atoms with E-state index < -0.39 is 0 Å². The summed E-state index contributed by atoms with van der Waals surface area (Å²) in [5.74, 6) is 0.572. The average molecular weight is 348 g/mol. The van der Waals surface area contributed by atoms with Gasteiger partial charge in [0.1, 0.15) is 6.33 Å². The van der Waals surface area contributed by atoms with Crippen molar-refractivity contribution in [1.82, 2.24) is 19.7 Å². The van der Waals surface area contributed by atoms with Crippen LogP contribution in [0.5, 0.6) is 6.01 Å². The molecular weight excluding hydrogens is 324 g/mol. The summed E-state index contributed by atoms with van der Waals surface area (Å²) >= 11 is 0. The largest absolute Gasteiger partial charge is 0.463 e. The zero-order valence-corrected chi connectivity index (χ0v) is 14.9. The molecule has 0 radical (unpaired) electrons. The molecule has 2 heterocycles. The number of rotatable bonds is 6. The molecule has 0 saturated carbocycles. The van der Waals surface area contributed by atoms with Crippen LogP contribution in [0.25, 0.3) is 5.69 Å². The van der Waals surface area contributed by atoms with Gasteiger partial charge in [0.2, 0.25) is 0 Å². The van der Waals surface area contributed by atoms with Gasteiger partial charge in [-0.3, -0.25) is 9.47 Å². The zero-order chi connectivity index (χ0) is 17.6. The minimum absolute atomic E-state index is 0.572. The summed E-state index contributed by atoms with van der Waals surface area (Å²) in [5.41, 5.74) is 2.41. The number of nitrogens with zero attached hydrogens (tertiary/aromatic N) is 4. The minimum atomic E-state index is 0.572. The molecule has 1 fully saturated rings. The van der Waals surface area contributed by atoms with Gasteiger partial charge in [-0.1, -0.05) is 53.6 Å². The number of ether oxygens (including phenoxy) is 1. The number of hydrogen-bond donors (Lipinski definition) is 0. The molecule has 1 saturated heterocycles. The molecule has 0 atom stereocenters. The molecule has 5 heteroatoms. The summed E-state index contributed by atoms with van der Waals surface area (Å²) in [7, 11) is 0. The highest BCUT2D eigenvalue weighted by atomic mass is 16.5. The monoisotopic (exact) mass is 348 g/mol. The van der Waals surface area contributed by atoms with E-state index in [-0.39, 0.29) is 0 Å². The lowest BCUT2D eigenvalue weighted by Gasteiger charge is -2.31. The van der Waals surface area contributed by atoms with Crippen molar-refractivity contribution >= 4 is 0 Å². The molecule has 1 aliphatic heterocycles. The van der Waals surface area contributed by atoms with Crippen molar-refractivity contribution < 1.29 is 4.74 Å². The standard InChI is InChI=1S/C21H24N4O/c1-3-7-18(8-4-1)15-24-13-11-19(12-14-24)16-26-21-23-22-17-25(21)20-9-5-2-6-10-20/h1-10,17,19H,11-16H2. The smallest absolute Gasteiger partial charge is 0.321 e. The third-order valence-electron chi connectivity index (χ3n) is 4.96. The van der Waals surface area contributed by atoms with Gasteiger partial charge in [0, 0.05) is 6.54 Å². The second-order valence-electron chi connectivity index (χ2n) is 6.84. The first kappa shape index (κ1) is 16.8. The quantitative estimate of drug-likeness (QED) is 0.683. The first-order valence-electron chi connectivity index (χ1n) is 9.23. The lowest BCUT2D eigenvalue weighted by molar-refractivity contribution is 0.131. The minimum Gasteiger partial charge on any atom is -0.463 e. The van der Waals surface area contributed by atoms with Crippen LogP contribution in [-0.4, -0.2) is 39.4 Å². The lowest BCUT2D eigenvalue weighted by atomic mass is 9.97. The maximum atomic E-state index is 6.00. The van der Waals surface area contributed by atoms with Crippen molar-refractivity contribution in [1.29, 1.82) is 0 Å². The van der Waals surface area contributed by atoms with E-state index in [9.17, 15) is 0 Å². The van der Waals surface area contributed by atoms with Gasteiger partial charge < -0.3 is 4.74 Å². The fraction of sp³-hybridized carbons (Fsp3) is 0.333. The van der Waals surface area contributed by atoms with E-state index in [1.165, 1.54) is 5.56 Å². The Bertz CT molecular complexity index is 795. The van der Waals surface area contributed by atoms with E-state index in [1.54, 1.807) is 6.33 Å². The molecule has 0 N–H and O–H groups in total. The van der Waals surface area contributed by atoms with Gasteiger partial charge >= 0.3 is 6.01 Å². The summed E-state index contributed by atoms with van der Waals surface area (Å²) in [6, 6.07) is 21.3. The highest BCUT2D eigenvalue weighted by Crippen LogP contribution is 2.21. The zero-order valence-electron chi connectivity index (χ0n) is 14.9. The van der Waals surface area contributed by atoms with E-state index in [1.807, 2.05) is 34.9 Å². The van der Waals surface area contributed by atoms with Crippen molar-refractivity contribution in [3.63, 3.8) is 0 Å². The van der Waals surface area contributed by atoms with Crippen molar-refractivity contribution in [3.8, 4) is 11.7 Å². The second-order valence-corrected chi connectivity index (χ2v) is 6.84. The van der Waals surface area contributed by atoms with E-state index in [2.05, 4.69) is 45.4 Å². The maximum absolute atomic E-state index is 6.00. The SMILES string of the molecule is c1ccc(CN2CCC(COc3nncn3-c3ccccc3)CC2)cc1. The van der Waals surface area contributed by atoms with E-state index in [0.717, 1.165) is 38.2 Å². The molecule has 0 spiro atoms. The predicted octanol–water partition coefficient (Wildman–Crippen LogP) is 3.56. The molecule has 0 aliphatic carbocycles. The fourth-order valence-corrected chi connectivity index (χ4v) is 3.43. The van der Waals surface area contributed by atoms with Crippen molar-refractivity contribution in [2.45, 2.75) is 19.4 Å². The average Bonchev–Trinajstić information content (AvgIpc) is 3.18. The van der Waals surface area contributed by atoms with E-state index >= 15 is 0 Å². The predicted molar refractivity (Wildman–Crippen MR) is 101 cm³/mol. The molecule has 26 heavy (non-hydrogen) atoms. The van der Waals surface area contributed by atoms with Crippen LogP contribution >= 0.6 is 0 Å². The second kappa shape index (κ2) is 8.15. The summed E-state index contributed by atoms with van der Waals surface area (Å²) in [6.45, 7) is 3.98. The summed E-state index contributed by atoms with van der Waals surface area (Å²) in [4.78, 5) is 2.53.